The van der Waals surface area contributed by atoms with E-state index < -0.39 is 0 Å². The van der Waals surface area contributed by atoms with Crippen molar-refractivity contribution in [2.24, 2.45) is 0 Å². The molecule has 0 aliphatic rings. The van der Waals surface area contributed by atoms with Crippen LogP contribution in [-0.2, 0) is 0 Å². The summed E-state index contributed by atoms with van der Waals surface area (Å²) in [5.74, 6) is 0. The van der Waals surface area contributed by atoms with E-state index in [1.54, 1.807) is 0 Å². The van der Waals surface area contributed by atoms with Crippen LogP contribution in [0.15, 0.2) is 146 Å². The first-order valence-electron chi connectivity index (χ1n) is 13.7. The van der Waals surface area contributed by atoms with Gasteiger partial charge < -0.3 is 4.57 Å². The quantitative estimate of drug-likeness (QED) is 0.231. The van der Waals surface area contributed by atoms with Gasteiger partial charge in [-0.3, -0.25) is 9.97 Å². The van der Waals surface area contributed by atoms with Gasteiger partial charge in [-0.1, -0.05) is 72.8 Å². The van der Waals surface area contributed by atoms with E-state index in [1.165, 1.54) is 10.8 Å². The summed E-state index contributed by atoms with van der Waals surface area (Å²) >= 11 is 0. The fourth-order valence-electron chi connectivity index (χ4n) is 5.70. The Morgan fingerprint density at radius 3 is 2.05 bits per heavy atom. The molecule has 0 spiro atoms. The van der Waals surface area contributed by atoms with Crippen LogP contribution in [0.25, 0.3) is 72.2 Å². The summed E-state index contributed by atoms with van der Waals surface area (Å²) in [6.45, 7) is 0. The first-order valence-corrected chi connectivity index (χ1v) is 13.7. The van der Waals surface area contributed by atoms with Gasteiger partial charge in [-0.2, -0.15) is 0 Å². The molecule has 0 unspecified atom stereocenters. The Hall–Kier alpha value is -5.61. The van der Waals surface area contributed by atoms with E-state index in [-0.39, 0.29) is 0 Å². The van der Waals surface area contributed by atoms with Gasteiger partial charge in [-0.05, 0) is 82.6 Å². The summed E-state index contributed by atoms with van der Waals surface area (Å²) in [6, 6.07) is 46.5. The van der Waals surface area contributed by atoms with E-state index in [0.717, 1.165) is 61.4 Å². The van der Waals surface area contributed by atoms with Crippen LogP contribution in [0.5, 0.6) is 0 Å². The minimum atomic E-state index is 0.851. The van der Waals surface area contributed by atoms with Crippen LogP contribution < -0.4 is 0 Å². The minimum absolute atomic E-state index is 0.851. The van der Waals surface area contributed by atoms with Crippen molar-refractivity contribution >= 4 is 32.7 Å². The molecule has 0 saturated heterocycles. The molecule has 0 bridgehead atoms. The molecule has 4 heteroatoms. The number of fused-ring (bicyclic) bond motifs is 4. The van der Waals surface area contributed by atoms with Crippen LogP contribution in [-0.4, -0.2) is 19.5 Å². The molecule has 4 aromatic carbocycles. The zero-order valence-electron chi connectivity index (χ0n) is 22.1. The highest BCUT2D eigenvalue weighted by molar-refractivity contribution is 6.06. The third kappa shape index (κ3) is 4.05. The number of benzene rings is 4. The van der Waals surface area contributed by atoms with E-state index in [0.29, 0.717) is 0 Å². The summed E-state index contributed by atoms with van der Waals surface area (Å²) < 4.78 is 2.28. The van der Waals surface area contributed by atoms with E-state index in [9.17, 15) is 0 Å². The number of pyridine rings is 3. The molecule has 0 atom stereocenters. The fourth-order valence-corrected chi connectivity index (χ4v) is 5.70. The topological polar surface area (TPSA) is 43.6 Å². The van der Waals surface area contributed by atoms with E-state index in [2.05, 4.69) is 124 Å². The largest absolute Gasteiger partial charge is 0.308 e. The maximum Gasteiger partial charge on any atom is 0.0963 e. The van der Waals surface area contributed by atoms with Crippen LogP contribution in [0.1, 0.15) is 0 Å². The van der Waals surface area contributed by atoms with Gasteiger partial charge in [0.25, 0.3) is 0 Å². The van der Waals surface area contributed by atoms with Gasteiger partial charge in [0.2, 0.25) is 0 Å². The second-order valence-electron chi connectivity index (χ2n) is 10.2. The molecule has 4 heterocycles. The number of rotatable bonds is 4. The molecule has 41 heavy (non-hydrogen) atoms. The standard InChI is InChI=1S/C37H24N4/c1-2-9-27-22-28(15-14-25(27)8-1)29-23-33(40-34(24-29)32-11-5-6-20-38-32)26-16-18-30(19-17-26)41-35-12-4-3-10-31(35)37-36(41)13-7-21-39-37/h1-24H. The number of hydrogen-bond donors (Lipinski definition) is 0. The van der Waals surface area contributed by atoms with Crippen LogP contribution in [0.3, 0.4) is 0 Å². The van der Waals surface area contributed by atoms with E-state index in [4.69, 9.17) is 4.98 Å². The smallest absolute Gasteiger partial charge is 0.0963 e. The third-order valence-corrected chi connectivity index (χ3v) is 7.68. The molecule has 0 amide bonds. The lowest BCUT2D eigenvalue weighted by molar-refractivity contribution is 1.17. The van der Waals surface area contributed by atoms with Gasteiger partial charge in [0.1, 0.15) is 0 Å². The van der Waals surface area contributed by atoms with Crippen LogP contribution >= 0.6 is 0 Å². The van der Waals surface area contributed by atoms with Crippen molar-refractivity contribution < 1.29 is 0 Å². The first kappa shape index (κ1) is 23.3. The molecule has 0 N–H and O–H groups in total. The van der Waals surface area contributed by atoms with Gasteiger partial charge >= 0.3 is 0 Å². The Morgan fingerprint density at radius 2 is 1.17 bits per heavy atom. The third-order valence-electron chi connectivity index (χ3n) is 7.68. The predicted octanol–water partition coefficient (Wildman–Crippen LogP) is 9.12. The number of aromatic nitrogens is 4. The molecule has 0 saturated carbocycles. The van der Waals surface area contributed by atoms with Gasteiger partial charge in [0, 0.05) is 29.0 Å². The first-order chi connectivity index (χ1) is 20.3. The number of hydrogen-bond acceptors (Lipinski definition) is 3. The Bertz CT molecular complexity index is 2140. The highest BCUT2D eigenvalue weighted by Gasteiger charge is 2.14. The molecule has 8 rings (SSSR count). The van der Waals surface area contributed by atoms with Crippen molar-refractivity contribution in [3.63, 3.8) is 0 Å². The maximum atomic E-state index is 5.07. The monoisotopic (exact) mass is 524 g/mol. The highest BCUT2D eigenvalue weighted by Crippen LogP contribution is 2.34. The normalized spacial score (nSPS) is 11.4. The molecule has 0 aliphatic heterocycles. The summed E-state index contributed by atoms with van der Waals surface area (Å²) in [5, 5.41) is 3.59. The molecular formula is C37H24N4. The van der Waals surface area contributed by atoms with E-state index in [1.807, 2.05) is 36.7 Å². The molecule has 0 fully saturated rings. The van der Waals surface area contributed by atoms with Crippen LogP contribution in [0.4, 0.5) is 0 Å². The summed E-state index contributed by atoms with van der Waals surface area (Å²) in [4.78, 5) is 14.4. The van der Waals surface area contributed by atoms with Crippen molar-refractivity contribution in [3.8, 4) is 39.5 Å². The zero-order valence-corrected chi connectivity index (χ0v) is 22.1. The molecule has 4 aromatic heterocycles. The Kier molecular flexibility index (Phi) is 5.42. The Morgan fingerprint density at radius 1 is 0.439 bits per heavy atom. The average molecular weight is 525 g/mol. The maximum absolute atomic E-state index is 5.07. The molecule has 0 aliphatic carbocycles. The van der Waals surface area contributed by atoms with Gasteiger partial charge in [0.15, 0.2) is 0 Å². The van der Waals surface area contributed by atoms with E-state index >= 15 is 0 Å². The molecule has 0 radical (unpaired) electrons. The number of nitrogens with zero attached hydrogens (tertiary/aromatic N) is 4. The van der Waals surface area contributed by atoms with Crippen molar-refractivity contribution in [2.75, 3.05) is 0 Å². The summed E-state index contributed by atoms with van der Waals surface area (Å²) in [7, 11) is 0. The van der Waals surface area contributed by atoms with Crippen LogP contribution in [0, 0.1) is 0 Å². The van der Waals surface area contributed by atoms with Crippen molar-refractivity contribution in [3.05, 3.63) is 146 Å². The lowest BCUT2D eigenvalue weighted by atomic mass is 9.98. The molecule has 192 valence electrons. The molecule has 8 aromatic rings. The van der Waals surface area contributed by atoms with Gasteiger partial charge in [-0.15, -0.1) is 0 Å². The molecular weight excluding hydrogens is 500 g/mol. The minimum Gasteiger partial charge on any atom is -0.308 e. The predicted molar refractivity (Wildman–Crippen MR) is 168 cm³/mol. The Labute approximate surface area is 237 Å². The van der Waals surface area contributed by atoms with Crippen molar-refractivity contribution in [2.45, 2.75) is 0 Å². The van der Waals surface area contributed by atoms with Gasteiger partial charge in [0.05, 0.1) is 33.6 Å². The molecule has 4 nitrogen and oxygen atoms in total. The number of para-hydroxylation sites is 1. The second-order valence-corrected chi connectivity index (χ2v) is 10.2. The summed E-state index contributed by atoms with van der Waals surface area (Å²) in [6.07, 6.45) is 3.67. The van der Waals surface area contributed by atoms with Crippen molar-refractivity contribution in [1.29, 1.82) is 0 Å². The Balaban J connectivity index is 1.27. The van der Waals surface area contributed by atoms with Crippen LogP contribution in [0.2, 0.25) is 0 Å². The lowest BCUT2D eigenvalue weighted by Gasteiger charge is -2.12. The fraction of sp³-hybridized carbons (Fsp3) is 0. The lowest BCUT2D eigenvalue weighted by Crippen LogP contribution is -1.95. The zero-order chi connectivity index (χ0) is 27.2. The highest BCUT2D eigenvalue weighted by atomic mass is 15.0. The van der Waals surface area contributed by atoms with Gasteiger partial charge in [-0.25, -0.2) is 4.98 Å². The second kappa shape index (κ2) is 9.54. The summed E-state index contributed by atoms with van der Waals surface area (Å²) in [5.41, 5.74) is 10.3. The van der Waals surface area contributed by atoms with Crippen molar-refractivity contribution in [1.82, 2.24) is 19.5 Å². The average Bonchev–Trinajstić information content (AvgIpc) is 3.39. The SMILES string of the molecule is c1ccc(-c2cc(-c3ccc4ccccc4c3)cc(-c3ccc(-n4c5ccccc5c5ncccc54)cc3)n2)nc1.